The van der Waals surface area contributed by atoms with Gasteiger partial charge in [0.15, 0.2) is 46.4 Å². The van der Waals surface area contributed by atoms with Gasteiger partial charge in [0, 0.05) is 5.56 Å². The average Bonchev–Trinajstić information content (AvgIpc) is 3.40. The molecule has 0 saturated heterocycles. The van der Waals surface area contributed by atoms with Gasteiger partial charge in [0.1, 0.15) is 0 Å². The molecule has 8 rings (SSSR count). The molecule has 0 aliphatic heterocycles. The van der Waals surface area contributed by atoms with Crippen molar-refractivity contribution in [2.45, 2.75) is 205 Å². The molecule has 0 amide bonds. The van der Waals surface area contributed by atoms with Crippen molar-refractivity contribution in [1.82, 2.24) is 0 Å². The molecule has 394 valence electrons. The molecule has 0 heterocycles. The Morgan fingerprint density at radius 2 is 0.722 bits per heavy atom. The molecule has 72 heavy (non-hydrogen) atoms. The van der Waals surface area contributed by atoms with Crippen molar-refractivity contribution in [2.24, 2.45) is 11.8 Å². The van der Waals surface area contributed by atoms with Crippen LogP contribution in [0.1, 0.15) is 238 Å². The first-order valence-corrected chi connectivity index (χ1v) is 27.7. The molecule has 1 unspecified atom stereocenters. The summed E-state index contributed by atoms with van der Waals surface area (Å²) in [5.41, 5.74) is 3.15. The lowest BCUT2D eigenvalue weighted by Gasteiger charge is -2.31. The van der Waals surface area contributed by atoms with Crippen LogP contribution in [0, 0.1) is 58.4 Å². The Hall–Kier alpha value is -4.34. The van der Waals surface area contributed by atoms with Crippen LogP contribution in [0.25, 0.3) is 5.57 Å². The fourth-order valence-electron chi connectivity index (χ4n) is 12.6. The second kappa shape index (κ2) is 26.7. The maximum atomic E-state index is 15.2. The van der Waals surface area contributed by atoms with E-state index in [1.165, 1.54) is 63.5 Å². The normalized spacial score (nSPS) is 23.5. The van der Waals surface area contributed by atoms with E-state index in [1.807, 2.05) is 12.1 Å². The molecule has 0 N–H and O–H groups in total. The fourth-order valence-corrected chi connectivity index (χ4v) is 12.6. The van der Waals surface area contributed by atoms with E-state index >= 15 is 17.6 Å². The second-order valence-corrected chi connectivity index (χ2v) is 21.3. The Morgan fingerprint density at radius 1 is 0.375 bits per heavy atom. The number of unbranched alkanes of at least 4 members (excludes halogenated alkanes) is 4. The molecule has 3 saturated carbocycles. The number of ether oxygens (including phenoxy) is 2. The van der Waals surface area contributed by atoms with Gasteiger partial charge in [0.2, 0.25) is 11.6 Å². The number of hydrogen-bond acceptors (Lipinski definition) is 2. The van der Waals surface area contributed by atoms with Gasteiger partial charge < -0.3 is 9.47 Å². The fraction of sp³-hybridized carbons (Fsp3) is 0.581. The lowest BCUT2D eigenvalue weighted by atomic mass is 9.74. The summed E-state index contributed by atoms with van der Waals surface area (Å²) >= 11 is 0. The van der Waals surface area contributed by atoms with Gasteiger partial charge in [-0.1, -0.05) is 108 Å². The molecule has 3 fully saturated rings. The third kappa shape index (κ3) is 13.3. The highest BCUT2D eigenvalue weighted by molar-refractivity contribution is 5.67. The first kappa shape index (κ1) is 55.4. The van der Waals surface area contributed by atoms with Crippen LogP contribution in [0.4, 0.5) is 35.1 Å². The minimum absolute atomic E-state index is 0.0740. The number of halogens is 8. The Labute approximate surface area is 424 Å². The van der Waals surface area contributed by atoms with Crippen molar-refractivity contribution in [2.75, 3.05) is 13.2 Å². The largest absolute Gasteiger partial charge is 0.491 e. The smallest absolute Gasteiger partial charge is 0.200 e. The molecule has 4 aromatic rings. The summed E-state index contributed by atoms with van der Waals surface area (Å²) in [6.07, 6.45) is 23.9. The summed E-state index contributed by atoms with van der Waals surface area (Å²) in [5, 5.41) is 0. The number of allylic oxidation sites excluding steroid dienone is 2. The monoisotopic (exact) mass is 1010 g/mol. The standard InChI is InChI=1S/C31H40F4O.C31H38F4O/c2*1-3-5-6-7-20-8-10-21(11-9-20)24-16-17-25(29(33)28(24)32)22-12-14-23(15-13-22)26-18-19-27(36-4-2)31(35)30(26)34/h16-23H,3-15H2,1-2H3;12,16-21,23H,3-11,13-15H2,1-2H3. The van der Waals surface area contributed by atoms with Crippen molar-refractivity contribution in [3.63, 3.8) is 0 Å². The van der Waals surface area contributed by atoms with E-state index in [1.54, 1.807) is 44.2 Å². The van der Waals surface area contributed by atoms with Gasteiger partial charge in [-0.2, -0.15) is 8.78 Å². The van der Waals surface area contributed by atoms with Crippen LogP contribution >= 0.6 is 0 Å². The Morgan fingerprint density at radius 3 is 1.10 bits per heavy atom. The van der Waals surface area contributed by atoms with E-state index < -0.39 is 46.5 Å². The van der Waals surface area contributed by atoms with Crippen molar-refractivity contribution >= 4 is 5.57 Å². The second-order valence-electron chi connectivity index (χ2n) is 21.3. The van der Waals surface area contributed by atoms with Gasteiger partial charge in [0.25, 0.3) is 0 Å². The number of benzene rings is 4. The van der Waals surface area contributed by atoms with Crippen molar-refractivity contribution in [3.05, 3.63) is 135 Å². The zero-order valence-electron chi connectivity index (χ0n) is 43.3. The van der Waals surface area contributed by atoms with E-state index in [0.29, 0.717) is 84.2 Å². The van der Waals surface area contributed by atoms with Crippen LogP contribution < -0.4 is 9.47 Å². The highest BCUT2D eigenvalue weighted by Crippen LogP contribution is 2.46. The summed E-state index contributed by atoms with van der Waals surface area (Å²) in [5.74, 6) is -5.52. The van der Waals surface area contributed by atoms with Gasteiger partial charge in [-0.15, -0.1) is 0 Å². The van der Waals surface area contributed by atoms with Crippen molar-refractivity contribution in [3.8, 4) is 11.5 Å². The van der Waals surface area contributed by atoms with Crippen LogP contribution in [0.2, 0.25) is 0 Å². The van der Waals surface area contributed by atoms with Gasteiger partial charge in [-0.05, 0) is 197 Å². The zero-order chi connectivity index (χ0) is 51.3. The van der Waals surface area contributed by atoms with Crippen molar-refractivity contribution in [1.29, 1.82) is 0 Å². The van der Waals surface area contributed by atoms with Gasteiger partial charge in [-0.3, -0.25) is 0 Å². The molecule has 0 bridgehead atoms. The molecule has 4 aliphatic carbocycles. The molecular weight excluding hydrogens is 929 g/mol. The van der Waals surface area contributed by atoms with Crippen LogP contribution in [-0.2, 0) is 0 Å². The molecule has 2 nitrogen and oxygen atoms in total. The summed E-state index contributed by atoms with van der Waals surface area (Å²) in [7, 11) is 0. The third-order valence-electron chi connectivity index (χ3n) is 16.8. The van der Waals surface area contributed by atoms with E-state index in [4.69, 9.17) is 9.47 Å². The maximum absolute atomic E-state index is 15.2. The molecule has 4 aliphatic rings. The third-order valence-corrected chi connectivity index (χ3v) is 16.8. The SMILES string of the molecule is CCCCCC1CCC(c2ccc(C3=CCC(c4ccc(OCC)c(F)c4F)CC3)c(F)c2F)CC1.CCCCCC1CCC(c2ccc(C3CCC(c4ccc(OCC)c(F)c4F)CC3)c(F)c2F)CC1. The van der Waals surface area contributed by atoms with E-state index in [0.717, 1.165) is 62.9 Å². The lowest BCUT2D eigenvalue weighted by Crippen LogP contribution is -2.17. The molecule has 0 aromatic heterocycles. The molecule has 1 atom stereocenters. The molecular formula is C62H78F8O2. The highest BCUT2D eigenvalue weighted by Gasteiger charge is 2.33. The lowest BCUT2D eigenvalue weighted by molar-refractivity contribution is 0.297. The number of rotatable bonds is 18. The predicted octanol–water partition coefficient (Wildman–Crippen LogP) is 19.8. The summed E-state index contributed by atoms with van der Waals surface area (Å²) in [4.78, 5) is 0. The van der Waals surface area contributed by atoms with Gasteiger partial charge in [0.05, 0.1) is 13.2 Å². The van der Waals surface area contributed by atoms with Crippen LogP contribution in [0.5, 0.6) is 11.5 Å². The summed E-state index contributed by atoms with van der Waals surface area (Å²) in [6, 6.07) is 13.2. The van der Waals surface area contributed by atoms with Crippen molar-refractivity contribution < 1.29 is 44.6 Å². The maximum Gasteiger partial charge on any atom is 0.200 e. The molecule has 4 aromatic carbocycles. The Balaban J connectivity index is 0.000000211. The molecule has 0 spiro atoms. The number of hydrogen-bond donors (Lipinski definition) is 0. The quantitative estimate of drug-likeness (QED) is 0.0730. The van der Waals surface area contributed by atoms with E-state index in [2.05, 4.69) is 13.8 Å². The minimum Gasteiger partial charge on any atom is -0.491 e. The summed E-state index contributed by atoms with van der Waals surface area (Å²) in [6.45, 7) is 8.39. The van der Waals surface area contributed by atoms with Gasteiger partial charge >= 0.3 is 0 Å². The van der Waals surface area contributed by atoms with Crippen LogP contribution in [0.15, 0.2) is 54.6 Å². The minimum atomic E-state index is -0.970. The first-order chi connectivity index (χ1) is 34.9. The molecule has 10 heteroatoms. The average molecular weight is 1010 g/mol. The molecule has 0 radical (unpaired) electrons. The van der Waals surface area contributed by atoms with E-state index in [9.17, 15) is 17.6 Å². The zero-order valence-corrected chi connectivity index (χ0v) is 43.3. The summed E-state index contributed by atoms with van der Waals surface area (Å²) < 4.78 is 129. The van der Waals surface area contributed by atoms with E-state index in [-0.39, 0.29) is 54.3 Å². The van der Waals surface area contributed by atoms with Crippen LogP contribution in [-0.4, -0.2) is 13.2 Å². The predicted molar refractivity (Wildman–Crippen MR) is 274 cm³/mol. The Kier molecular flexibility index (Phi) is 20.6. The first-order valence-electron chi connectivity index (χ1n) is 27.7. The topological polar surface area (TPSA) is 18.5 Å². The highest BCUT2D eigenvalue weighted by atomic mass is 19.2. The Bertz CT molecular complexity index is 2410. The van der Waals surface area contributed by atoms with Gasteiger partial charge in [-0.25, -0.2) is 26.3 Å². The van der Waals surface area contributed by atoms with Crippen LogP contribution in [0.3, 0.4) is 0 Å².